The van der Waals surface area contributed by atoms with Gasteiger partial charge in [-0.3, -0.25) is 0 Å². The summed E-state index contributed by atoms with van der Waals surface area (Å²) in [5, 5.41) is 8.95. The first-order chi connectivity index (χ1) is 10.9. The van der Waals surface area contributed by atoms with Gasteiger partial charge in [0.15, 0.2) is 0 Å². The molecule has 0 saturated carbocycles. The number of hydrogen-bond acceptors (Lipinski definition) is 3. The molecule has 0 N–H and O–H groups in total. The average molecular weight is 292 g/mol. The van der Waals surface area contributed by atoms with E-state index in [1.54, 1.807) is 0 Å². The summed E-state index contributed by atoms with van der Waals surface area (Å²) in [6.45, 7) is 1.60. The topological polar surface area (TPSA) is 36.3 Å². The second-order valence-electron chi connectivity index (χ2n) is 5.62. The molecule has 0 bridgehead atoms. The van der Waals surface area contributed by atoms with Crippen LogP contribution in [0.2, 0.25) is 0 Å². The first-order valence-electron chi connectivity index (χ1n) is 7.77. The van der Waals surface area contributed by atoms with Crippen molar-refractivity contribution < 1.29 is 4.74 Å². The Bertz CT molecular complexity index is 648. The molecular formula is C19H20N2O. The highest BCUT2D eigenvalue weighted by Crippen LogP contribution is 2.29. The van der Waals surface area contributed by atoms with Gasteiger partial charge in [-0.05, 0) is 30.5 Å². The Morgan fingerprint density at radius 2 is 2.00 bits per heavy atom. The summed E-state index contributed by atoms with van der Waals surface area (Å²) in [6.07, 6.45) is 2.85. The summed E-state index contributed by atoms with van der Waals surface area (Å²) in [5.74, 6) is 0.879. The van der Waals surface area contributed by atoms with Gasteiger partial charge in [0.25, 0.3) is 0 Å². The van der Waals surface area contributed by atoms with Gasteiger partial charge >= 0.3 is 0 Å². The molecule has 1 unspecified atom stereocenters. The zero-order valence-electron chi connectivity index (χ0n) is 12.6. The van der Waals surface area contributed by atoms with E-state index in [9.17, 15) is 0 Å². The van der Waals surface area contributed by atoms with Gasteiger partial charge in [-0.25, -0.2) is 0 Å². The van der Waals surface area contributed by atoms with Crippen LogP contribution in [0.25, 0.3) is 0 Å². The minimum Gasteiger partial charge on any atom is -0.489 e. The van der Waals surface area contributed by atoms with Crippen LogP contribution in [0.4, 0.5) is 5.69 Å². The molecule has 1 fully saturated rings. The van der Waals surface area contributed by atoms with Crippen molar-refractivity contribution in [2.45, 2.75) is 31.9 Å². The lowest BCUT2D eigenvalue weighted by Gasteiger charge is -2.25. The lowest BCUT2D eigenvalue weighted by atomic mass is 10.1. The molecule has 1 heterocycles. The fourth-order valence-electron chi connectivity index (χ4n) is 2.99. The van der Waals surface area contributed by atoms with E-state index in [1.165, 1.54) is 0 Å². The summed E-state index contributed by atoms with van der Waals surface area (Å²) in [7, 11) is 0. The van der Waals surface area contributed by atoms with Crippen molar-refractivity contribution in [2.75, 3.05) is 11.4 Å². The van der Waals surface area contributed by atoms with Crippen molar-refractivity contribution in [3.8, 4) is 11.8 Å². The van der Waals surface area contributed by atoms with Crippen LogP contribution in [0.5, 0.6) is 5.75 Å². The third-order valence-electron chi connectivity index (χ3n) is 4.10. The SMILES string of the molecule is N#CCC1CCCN1c1cccc(OCc2ccccc2)c1. The summed E-state index contributed by atoms with van der Waals surface area (Å²) >= 11 is 0. The van der Waals surface area contributed by atoms with Crippen molar-refractivity contribution in [1.29, 1.82) is 5.26 Å². The molecule has 3 nitrogen and oxygen atoms in total. The molecule has 3 heteroatoms. The van der Waals surface area contributed by atoms with Gasteiger partial charge in [-0.1, -0.05) is 36.4 Å². The molecule has 1 aliphatic heterocycles. The molecule has 1 aliphatic rings. The minimum atomic E-state index is 0.342. The molecule has 3 rings (SSSR count). The van der Waals surface area contributed by atoms with Crippen LogP contribution in [0.3, 0.4) is 0 Å². The van der Waals surface area contributed by atoms with Crippen molar-refractivity contribution in [1.82, 2.24) is 0 Å². The summed E-state index contributed by atoms with van der Waals surface area (Å²) in [5.41, 5.74) is 2.32. The monoisotopic (exact) mass is 292 g/mol. The molecule has 0 aromatic heterocycles. The van der Waals surface area contributed by atoms with Gasteiger partial charge in [-0.2, -0.15) is 5.26 Å². The highest BCUT2D eigenvalue weighted by molar-refractivity contribution is 5.52. The van der Waals surface area contributed by atoms with Crippen LogP contribution in [-0.4, -0.2) is 12.6 Å². The Morgan fingerprint density at radius 3 is 2.82 bits per heavy atom. The maximum Gasteiger partial charge on any atom is 0.121 e. The predicted molar refractivity (Wildman–Crippen MR) is 87.8 cm³/mol. The highest BCUT2D eigenvalue weighted by atomic mass is 16.5. The number of hydrogen-bond donors (Lipinski definition) is 0. The largest absolute Gasteiger partial charge is 0.489 e. The molecule has 1 atom stereocenters. The average Bonchev–Trinajstić information content (AvgIpc) is 3.03. The summed E-state index contributed by atoms with van der Waals surface area (Å²) in [4.78, 5) is 2.33. The Morgan fingerprint density at radius 1 is 1.14 bits per heavy atom. The normalized spacial score (nSPS) is 17.2. The molecule has 0 aliphatic carbocycles. The van der Waals surface area contributed by atoms with Crippen LogP contribution >= 0.6 is 0 Å². The second-order valence-corrected chi connectivity index (χ2v) is 5.62. The van der Waals surface area contributed by atoms with Crippen molar-refractivity contribution in [2.24, 2.45) is 0 Å². The Labute approximate surface area is 131 Å². The molecule has 112 valence electrons. The molecule has 22 heavy (non-hydrogen) atoms. The Balaban J connectivity index is 1.69. The number of nitrogens with zero attached hydrogens (tertiary/aromatic N) is 2. The third-order valence-corrected chi connectivity index (χ3v) is 4.10. The Kier molecular flexibility index (Phi) is 4.60. The van der Waals surface area contributed by atoms with E-state index in [0.717, 1.165) is 36.4 Å². The molecule has 2 aromatic carbocycles. The van der Waals surface area contributed by atoms with Crippen LogP contribution in [0.15, 0.2) is 54.6 Å². The molecule has 1 saturated heterocycles. The highest BCUT2D eigenvalue weighted by Gasteiger charge is 2.24. The minimum absolute atomic E-state index is 0.342. The van der Waals surface area contributed by atoms with E-state index in [0.29, 0.717) is 19.1 Å². The summed E-state index contributed by atoms with van der Waals surface area (Å²) in [6, 6.07) is 21.0. The van der Waals surface area contributed by atoms with E-state index in [2.05, 4.69) is 35.2 Å². The molecular weight excluding hydrogens is 272 g/mol. The van der Waals surface area contributed by atoms with Gasteiger partial charge in [-0.15, -0.1) is 0 Å². The second kappa shape index (κ2) is 7.00. The first kappa shape index (κ1) is 14.5. The van der Waals surface area contributed by atoms with Crippen LogP contribution < -0.4 is 9.64 Å². The van der Waals surface area contributed by atoms with E-state index < -0.39 is 0 Å². The number of nitriles is 1. The zero-order valence-corrected chi connectivity index (χ0v) is 12.6. The maximum absolute atomic E-state index is 8.95. The number of rotatable bonds is 5. The van der Waals surface area contributed by atoms with Crippen LogP contribution in [0.1, 0.15) is 24.8 Å². The lowest BCUT2D eigenvalue weighted by Crippen LogP contribution is -2.28. The maximum atomic E-state index is 8.95. The molecule has 0 amide bonds. The molecule has 0 radical (unpaired) electrons. The first-order valence-corrected chi connectivity index (χ1v) is 7.77. The zero-order chi connectivity index (χ0) is 15.2. The number of ether oxygens (including phenoxy) is 1. The van der Waals surface area contributed by atoms with Crippen molar-refractivity contribution in [3.05, 3.63) is 60.2 Å². The van der Waals surface area contributed by atoms with Gasteiger partial charge in [0, 0.05) is 24.3 Å². The molecule has 2 aromatic rings. The van der Waals surface area contributed by atoms with Gasteiger partial charge in [0.2, 0.25) is 0 Å². The fourth-order valence-corrected chi connectivity index (χ4v) is 2.99. The standard InChI is InChI=1S/C19H20N2O/c20-12-11-17-9-5-13-21(17)18-8-4-10-19(14-18)22-15-16-6-2-1-3-7-16/h1-4,6-8,10,14,17H,5,9,11,13,15H2. The van der Waals surface area contributed by atoms with Gasteiger partial charge in [0.1, 0.15) is 12.4 Å². The lowest BCUT2D eigenvalue weighted by molar-refractivity contribution is 0.306. The Hall–Kier alpha value is -2.47. The van der Waals surface area contributed by atoms with Gasteiger partial charge < -0.3 is 9.64 Å². The fraction of sp³-hybridized carbons (Fsp3) is 0.316. The smallest absolute Gasteiger partial charge is 0.121 e. The van der Waals surface area contributed by atoms with E-state index in [-0.39, 0.29) is 0 Å². The third kappa shape index (κ3) is 3.40. The summed E-state index contributed by atoms with van der Waals surface area (Å²) < 4.78 is 5.90. The van der Waals surface area contributed by atoms with E-state index >= 15 is 0 Å². The predicted octanol–water partition coefficient (Wildman–Crippen LogP) is 4.15. The number of anilines is 1. The van der Waals surface area contributed by atoms with Crippen molar-refractivity contribution in [3.63, 3.8) is 0 Å². The molecule has 0 spiro atoms. The quantitative estimate of drug-likeness (QED) is 0.830. The van der Waals surface area contributed by atoms with Gasteiger partial charge in [0.05, 0.1) is 12.5 Å². The van der Waals surface area contributed by atoms with Crippen LogP contribution in [0, 0.1) is 11.3 Å². The van der Waals surface area contributed by atoms with Crippen molar-refractivity contribution >= 4 is 5.69 Å². The van der Waals surface area contributed by atoms with Crippen LogP contribution in [-0.2, 0) is 6.61 Å². The number of benzene rings is 2. The van der Waals surface area contributed by atoms with E-state index in [1.807, 2.05) is 30.3 Å². The van der Waals surface area contributed by atoms with E-state index in [4.69, 9.17) is 10.00 Å².